The zero-order valence-corrected chi connectivity index (χ0v) is 10.2. The van der Waals surface area contributed by atoms with Crippen molar-refractivity contribution >= 4 is 79.9 Å². The van der Waals surface area contributed by atoms with Gasteiger partial charge in [0.15, 0.2) is 0 Å². The van der Waals surface area contributed by atoms with Crippen LogP contribution in [0.4, 0.5) is 0 Å². The van der Waals surface area contributed by atoms with Crippen molar-refractivity contribution in [1.82, 2.24) is 0 Å². The molecule has 0 rings (SSSR count). The molecule has 0 saturated carbocycles. The van der Waals surface area contributed by atoms with E-state index in [0.29, 0.717) is 0 Å². The van der Waals surface area contributed by atoms with Gasteiger partial charge in [-0.1, -0.05) is 0 Å². The summed E-state index contributed by atoms with van der Waals surface area (Å²) in [4.78, 5) is 0. The summed E-state index contributed by atoms with van der Waals surface area (Å²) in [7, 11) is -9.33. The third-order valence-electron chi connectivity index (χ3n) is 0. The van der Waals surface area contributed by atoms with E-state index in [2.05, 4.69) is 0 Å². The summed E-state index contributed by atoms with van der Waals surface area (Å²) in [6, 6.07) is 0. The van der Waals surface area contributed by atoms with E-state index in [4.69, 9.17) is 35.0 Å². The average molecular weight is 384 g/mol. The van der Waals surface area contributed by atoms with E-state index in [1.54, 1.807) is 0 Å². The third kappa shape index (κ3) is 557. The topological polar surface area (TPSA) is 212 Å². The maximum atomic E-state index is 8.74. The first kappa shape index (κ1) is 51.1. The molecule has 0 aliphatic carbocycles. The molecule has 0 aliphatic heterocycles. The van der Waals surface area contributed by atoms with Crippen molar-refractivity contribution in [2.75, 3.05) is 0 Å². The quantitative estimate of drug-likeness (QED) is 0.236. The van der Waals surface area contributed by atoms with Crippen molar-refractivity contribution in [2.45, 2.75) is 0 Å². The van der Waals surface area contributed by atoms with Crippen LogP contribution in [-0.4, -0.2) is 105 Å². The molecule has 8 N–H and O–H groups in total. The fraction of sp³-hybridized carbons (Fsp3) is 0. The first-order valence-corrected chi connectivity index (χ1v) is 4.19. The molecule has 0 unspecified atom stereocenters. The van der Waals surface area contributed by atoms with Gasteiger partial charge in [-0.2, -0.15) is 16.8 Å². The average Bonchev–Trinajstić information content (AvgIpc) is 1.12. The molecule has 16 heavy (non-hydrogen) atoms. The SMILES string of the molecule is O.O.O=S(=O)(O)O.O=S(=O)(O)O.[Cr].[Cr].[NaH].[NaH]. The second-order valence-electron chi connectivity index (χ2n) is 0.896. The van der Waals surface area contributed by atoms with Crippen LogP contribution in [0.5, 0.6) is 0 Å². The normalized spacial score (nSPS) is 7.25. The van der Waals surface area contributed by atoms with Gasteiger partial charge in [0.05, 0.1) is 0 Å². The standard InChI is InChI=1S/2Cr.2Na.2H2O4S.2H2O.2H/c;;;;2*1-5(2,3)4;;;;/h;;;;2*(H2,1,2,3,4);2*1H2;;. The van der Waals surface area contributed by atoms with Crippen molar-refractivity contribution in [1.29, 1.82) is 0 Å². The minimum absolute atomic E-state index is 0. The van der Waals surface area contributed by atoms with Crippen LogP contribution >= 0.6 is 0 Å². The van der Waals surface area contributed by atoms with Crippen molar-refractivity contribution in [3.63, 3.8) is 0 Å². The summed E-state index contributed by atoms with van der Waals surface area (Å²) in [5.74, 6) is 0. The van der Waals surface area contributed by atoms with Crippen LogP contribution in [0.25, 0.3) is 0 Å². The zero-order valence-electron chi connectivity index (χ0n) is 6.05. The van der Waals surface area contributed by atoms with E-state index < -0.39 is 20.8 Å². The molecule has 0 heterocycles. The number of hydrogen-bond acceptors (Lipinski definition) is 4. The molecular formula is H10Cr2Na2O10S2. The molecule has 96 valence electrons. The Labute approximate surface area is 158 Å². The van der Waals surface area contributed by atoms with Crippen molar-refractivity contribution in [2.24, 2.45) is 0 Å². The number of rotatable bonds is 0. The monoisotopic (exact) mass is 384 g/mol. The molecule has 0 aromatic heterocycles. The van der Waals surface area contributed by atoms with E-state index in [-0.39, 0.29) is 105 Å². The Morgan fingerprint density at radius 2 is 0.562 bits per heavy atom. The summed E-state index contributed by atoms with van der Waals surface area (Å²) in [6.07, 6.45) is 0. The molecule has 0 atom stereocenters. The summed E-state index contributed by atoms with van der Waals surface area (Å²) in [5, 5.41) is 0. The van der Waals surface area contributed by atoms with Crippen molar-refractivity contribution in [3.8, 4) is 0 Å². The van der Waals surface area contributed by atoms with E-state index in [9.17, 15) is 0 Å². The molecule has 0 fully saturated rings. The van der Waals surface area contributed by atoms with Gasteiger partial charge in [0.1, 0.15) is 0 Å². The van der Waals surface area contributed by atoms with Crippen LogP contribution in [0.2, 0.25) is 0 Å². The van der Waals surface area contributed by atoms with Crippen LogP contribution < -0.4 is 0 Å². The van der Waals surface area contributed by atoms with Gasteiger partial charge >= 0.3 is 79.9 Å². The molecule has 0 saturated heterocycles. The van der Waals surface area contributed by atoms with Crippen molar-refractivity contribution < 1.29 is 80.7 Å². The molecule has 0 aromatic carbocycles. The van der Waals surface area contributed by atoms with Crippen LogP contribution in [-0.2, 0) is 55.5 Å². The second kappa shape index (κ2) is 22.9. The number of hydrogen-bond donors (Lipinski definition) is 4. The molecule has 0 aromatic rings. The Kier molecular flexibility index (Phi) is 73.1. The molecule has 0 spiro atoms. The van der Waals surface area contributed by atoms with Gasteiger partial charge in [0.25, 0.3) is 0 Å². The predicted octanol–water partition coefficient (Wildman–Crippen LogP) is -4.26. The Morgan fingerprint density at radius 3 is 0.562 bits per heavy atom. The van der Waals surface area contributed by atoms with Gasteiger partial charge in [-0.25, -0.2) is 0 Å². The Bertz CT molecular complexity index is 221. The van der Waals surface area contributed by atoms with E-state index in [1.165, 1.54) is 0 Å². The summed E-state index contributed by atoms with van der Waals surface area (Å²) < 4.78 is 63.2. The minimum atomic E-state index is -4.67. The van der Waals surface area contributed by atoms with Gasteiger partial charge < -0.3 is 11.0 Å². The molecule has 16 heteroatoms. The van der Waals surface area contributed by atoms with E-state index in [1.807, 2.05) is 0 Å². The molecule has 0 bridgehead atoms. The van der Waals surface area contributed by atoms with Gasteiger partial charge in [0.2, 0.25) is 0 Å². The molecular weight excluding hydrogens is 374 g/mol. The molecule has 0 aliphatic rings. The Morgan fingerprint density at radius 1 is 0.562 bits per heavy atom. The van der Waals surface area contributed by atoms with Crippen molar-refractivity contribution in [3.05, 3.63) is 0 Å². The predicted molar refractivity (Wildman–Crippen MR) is 49.9 cm³/mol. The third-order valence-corrected chi connectivity index (χ3v) is 0. The molecule has 10 nitrogen and oxygen atoms in total. The van der Waals surface area contributed by atoms with Gasteiger partial charge in [0, 0.05) is 34.7 Å². The van der Waals surface area contributed by atoms with Crippen LogP contribution in [0.15, 0.2) is 0 Å². The summed E-state index contributed by atoms with van der Waals surface area (Å²) in [6.45, 7) is 0. The molecule has 0 radical (unpaired) electrons. The van der Waals surface area contributed by atoms with Crippen LogP contribution in [0.1, 0.15) is 0 Å². The fourth-order valence-electron chi connectivity index (χ4n) is 0. The maximum absolute atomic E-state index is 8.74. The molecule has 0 amide bonds. The fourth-order valence-corrected chi connectivity index (χ4v) is 0. The van der Waals surface area contributed by atoms with Gasteiger partial charge in [-0.05, 0) is 0 Å². The zero-order chi connectivity index (χ0) is 9.00. The van der Waals surface area contributed by atoms with Crippen LogP contribution in [0, 0.1) is 0 Å². The van der Waals surface area contributed by atoms with Gasteiger partial charge in [-0.3, -0.25) is 18.2 Å². The first-order valence-electron chi connectivity index (χ1n) is 1.40. The van der Waals surface area contributed by atoms with Crippen LogP contribution in [0.3, 0.4) is 0 Å². The first-order chi connectivity index (χ1) is 4.00. The Hall–Kier alpha value is 2.72. The van der Waals surface area contributed by atoms with E-state index in [0.717, 1.165) is 0 Å². The second-order valence-corrected chi connectivity index (χ2v) is 2.69. The summed E-state index contributed by atoms with van der Waals surface area (Å²) in [5.41, 5.74) is 0. The van der Waals surface area contributed by atoms with Gasteiger partial charge in [-0.15, -0.1) is 0 Å². The summed E-state index contributed by atoms with van der Waals surface area (Å²) >= 11 is 0. The van der Waals surface area contributed by atoms with E-state index >= 15 is 0 Å². The Balaban J connectivity index is -0.00000000970.